The fourth-order valence-corrected chi connectivity index (χ4v) is 5.58. The number of carbonyl (C=O) groups excluding carboxylic acids is 2. The number of urea groups is 1. The average Bonchev–Trinajstić information content (AvgIpc) is 3.56. The second-order valence-corrected chi connectivity index (χ2v) is 11.1. The van der Waals surface area contributed by atoms with Crippen LogP contribution in [0.3, 0.4) is 0 Å². The van der Waals surface area contributed by atoms with Gasteiger partial charge in [-0.05, 0) is 61.4 Å². The molecule has 2 heterocycles. The van der Waals surface area contributed by atoms with Gasteiger partial charge in [-0.15, -0.1) is 0 Å². The molecule has 0 aliphatic carbocycles. The van der Waals surface area contributed by atoms with Gasteiger partial charge in [-0.2, -0.15) is 26.3 Å². The van der Waals surface area contributed by atoms with Crippen molar-refractivity contribution in [3.63, 3.8) is 0 Å². The number of hydrogen-bond acceptors (Lipinski definition) is 6. The molecule has 2 saturated heterocycles. The van der Waals surface area contributed by atoms with Gasteiger partial charge in [0.15, 0.2) is 0 Å². The highest BCUT2D eigenvalue weighted by Gasteiger charge is 2.37. The van der Waals surface area contributed by atoms with Crippen molar-refractivity contribution in [2.24, 2.45) is 0 Å². The Kier molecular flexibility index (Phi) is 10.0. The number of nitrogens with one attached hydrogen (secondary N) is 3. The van der Waals surface area contributed by atoms with Crippen LogP contribution in [0.4, 0.5) is 53.9 Å². The molecule has 3 aromatic rings. The zero-order valence-electron chi connectivity index (χ0n) is 25.3. The third kappa shape index (κ3) is 8.39. The zero-order valence-corrected chi connectivity index (χ0v) is 25.3. The molecule has 252 valence electrons. The van der Waals surface area contributed by atoms with E-state index in [1.54, 1.807) is 13.2 Å². The number of piperazine rings is 1. The van der Waals surface area contributed by atoms with Crippen LogP contribution in [0.15, 0.2) is 60.7 Å². The van der Waals surface area contributed by atoms with Gasteiger partial charge in [0.2, 0.25) is 0 Å². The summed E-state index contributed by atoms with van der Waals surface area (Å²) < 4.78 is 90.8. The number of para-hydroxylation sites is 2. The zero-order chi connectivity index (χ0) is 33.8. The van der Waals surface area contributed by atoms with Gasteiger partial charge in [0, 0.05) is 56.4 Å². The van der Waals surface area contributed by atoms with Crippen LogP contribution < -0.4 is 30.5 Å². The standard InChI is InChI=1S/C32H33F6N5O4/c1-46-28-7-3-2-6-27(28)43-12-10-42(11-13-43)26-9-8-22(18-25(26)29(44)39-19-24-5-4-14-47-24)40-30(45)41-23-16-20(31(33,34)35)15-21(17-23)32(36,37)38/h2-3,6-9,15-18,24H,4-5,10-14,19H2,1H3,(H,39,44)(H2,40,41,45). The Hall–Kier alpha value is -4.66. The van der Waals surface area contributed by atoms with Crippen LogP contribution in [0, 0.1) is 0 Å². The lowest BCUT2D eigenvalue weighted by molar-refractivity contribution is -0.143. The number of benzene rings is 3. The van der Waals surface area contributed by atoms with E-state index in [1.165, 1.54) is 12.1 Å². The summed E-state index contributed by atoms with van der Waals surface area (Å²) in [7, 11) is 1.60. The molecule has 15 heteroatoms. The highest BCUT2D eigenvalue weighted by molar-refractivity contribution is 6.04. The molecule has 0 spiro atoms. The maximum Gasteiger partial charge on any atom is 0.416 e. The average molecular weight is 666 g/mol. The summed E-state index contributed by atoms with van der Waals surface area (Å²) in [5, 5.41) is 7.33. The molecule has 3 aromatic carbocycles. The first-order valence-electron chi connectivity index (χ1n) is 14.9. The quantitative estimate of drug-likeness (QED) is 0.235. The Labute approximate surface area is 266 Å². The highest BCUT2D eigenvalue weighted by atomic mass is 19.4. The van der Waals surface area contributed by atoms with E-state index in [-0.39, 0.29) is 30.0 Å². The van der Waals surface area contributed by atoms with E-state index in [2.05, 4.69) is 15.5 Å². The lowest BCUT2D eigenvalue weighted by Gasteiger charge is -2.38. The first-order valence-corrected chi connectivity index (χ1v) is 14.9. The van der Waals surface area contributed by atoms with Crippen LogP contribution in [0.2, 0.25) is 0 Å². The van der Waals surface area contributed by atoms with E-state index in [0.29, 0.717) is 50.6 Å². The summed E-state index contributed by atoms with van der Waals surface area (Å²) in [6, 6.07) is 11.9. The summed E-state index contributed by atoms with van der Waals surface area (Å²) in [5.74, 6) is 0.308. The van der Waals surface area contributed by atoms with Crippen LogP contribution in [0.25, 0.3) is 0 Å². The highest BCUT2D eigenvalue weighted by Crippen LogP contribution is 2.38. The third-order valence-corrected chi connectivity index (χ3v) is 7.91. The van der Waals surface area contributed by atoms with Gasteiger partial charge in [-0.25, -0.2) is 4.79 Å². The monoisotopic (exact) mass is 665 g/mol. The topological polar surface area (TPSA) is 95.2 Å². The molecule has 3 amide bonds. The van der Waals surface area contributed by atoms with Crippen LogP contribution in [0.5, 0.6) is 5.75 Å². The van der Waals surface area contributed by atoms with Crippen molar-refractivity contribution >= 4 is 34.7 Å². The molecule has 2 aliphatic rings. The van der Waals surface area contributed by atoms with Crippen LogP contribution in [-0.2, 0) is 17.1 Å². The maximum absolute atomic E-state index is 13.5. The molecule has 1 unspecified atom stereocenters. The minimum atomic E-state index is -5.07. The van der Waals surface area contributed by atoms with Crippen molar-refractivity contribution in [3.8, 4) is 5.75 Å². The molecule has 5 rings (SSSR count). The molecule has 2 fully saturated rings. The van der Waals surface area contributed by atoms with E-state index in [0.717, 1.165) is 24.3 Å². The fourth-order valence-electron chi connectivity index (χ4n) is 5.58. The van der Waals surface area contributed by atoms with E-state index >= 15 is 0 Å². The number of carbonyl (C=O) groups is 2. The van der Waals surface area contributed by atoms with E-state index in [4.69, 9.17) is 9.47 Å². The maximum atomic E-state index is 13.5. The van der Waals surface area contributed by atoms with Crippen molar-refractivity contribution in [2.45, 2.75) is 31.3 Å². The largest absolute Gasteiger partial charge is 0.495 e. The minimum Gasteiger partial charge on any atom is -0.495 e. The van der Waals surface area contributed by atoms with Gasteiger partial charge in [0.25, 0.3) is 5.91 Å². The summed E-state index contributed by atoms with van der Waals surface area (Å²) in [4.78, 5) is 30.4. The number of amides is 3. The van der Waals surface area contributed by atoms with Crippen LogP contribution >= 0.6 is 0 Å². The summed E-state index contributed by atoms with van der Waals surface area (Å²) in [6.07, 6.45) is -8.60. The normalized spacial score (nSPS) is 17.0. The Morgan fingerprint density at radius 1 is 0.830 bits per heavy atom. The first kappa shape index (κ1) is 33.7. The smallest absolute Gasteiger partial charge is 0.416 e. The fraction of sp³-hybridized carbons (Fsp3) is 0.375. The third-order valence-electron chi connectivity index (χ3n) is 7.91. The van der Waals surface area contributed by atoms with Crippen LogP contribution in [-0.4, -0.2) is 64.5 Å². The summed E-state index contributed by atoms with van der Waals surface area (Å²) in [6.45, 7) is 3.22. The predicted molar refractivity (Wildman–Crippen MR) is 164 cm³/mol. The number of ether oxygens (including phenoxy) is 2. The Balaban J connectivity index is 1.35. The van der Waals surface area contributed by atoms with Crippen molar-refractivity contribution < 1.29 is 45.4 Å². The van der Waals surface area contributed by atoms with Crippen molar-refractivity contribution in [1.29, 1.82) is 0 Å². The molecule has 3 N–H and O–H groups in total. The van der Waals surface area contributed by atoms with E-state index < -0.39 is 41.1 Å². The second-order valence-electron chi connectivity index (χ2n) is 11.1. The number of alkyl halides is 6. The second kappa shape index (κ2) is 14.0. The summed E-state index contributed by atoms with van der Waals surface area (Å²) >= 11 is 0. The summed E-state index contributed by atoms with van der Waals surface area (Å²) in [5.41, 5.74) is -1.98. The molecule has 1 atom stereocenters. The number of anilines is 4. The molecule has 0 radical (unpaired) electrons. The number of hydrogen-bond donors (Lipinski definition) is 3. The van der Waals surface area contributed by atoms with Gasteiger partial charge >= 0.3 is 18.4 Å². The van der Waals surface area contributed by atoms with Gasteiger partial charge in [0.05, 0.1) is 35.6 Å². The number of halogens is 6. The molecule has 2 aliphatic heterocycles. The van der Waals surface area contributed by atoms with Crippen molar-refractivity contribution in [1.82, 2.24) is 5.32 Å². The van der Waals surface area contributed by atoms with Crippen molar-refractivity contribution in [2.75, 3.05) is 66.9 Å². The SMILES string of the molecule is COc1ccccc1N1CCN(c2ccc(NC(=O)Nc3cc(C(F)(F)F)cc(C(F)(F)F)c3)cc2C(=O)NCC2CCCO2)CC1. The number of methoxy groups -OCH3 is 1. The molecule has 0 saturated carbocycles. The Morgan fingerprint density at radius 2 is 1.45 bits per heavy atom. The predicted octanol–water partition coefficient (Wildman–Crippen LogP) is 6.61. The molecule has 47 heavy (non-hydrogen) atoms. The van der Waals surface area contributed by atoms with E-state index in [1.807, 2.05) is 34.5 Å². The minimum absolute atomic E-state index is 0.0283. The lowest BCUT2D eigenvalue weighted by atomic mass is 10.1. The Morgan fingerprint density at radius 3 is 2.04 bits per heavy atom. The number of rotatable bonds is 8. The van der Waals surface area contributed by atoms with Gasteiger partial charge < -0.3 is 35.2 Å². The number of nitrogens with zero attached hydrogens (tertiary/aromatic N) is 2. The first-order chi connectivity index (χ1) is 22.3. The molecular formula is C32H33F6N5O4. The van der Waals surface area contributed by atoms with Crippen molar-refractivity contribution in [3.05, 3.63) is 77.4 Å². The molecular weight excluding hydrogens is 632 g/mol. The van der Waals surface area contributed by atoms with Crippen LogP contribution in [0.1, 0.15) is 34.3 Å². The molecule has 9 nitrogen and oxygen atoms in total. The van der Waals surface area contributed by atoms with Gasteiger partial charge in [-0.1, -0.05) is 12.1 Å². The van der Waals surface area contributed by atoms with E-state index in [9.17, 15) is 35.9 Å². The van der Waals surface area contributed by atoms with Gasteiger partial charge in [-0.3, -0.25) is 4.79 Å². The van der Waals surface area contributed by atoms with Gasteiger partial charge in [0.1, 0.15) is 5.75 Å². The molecule has 0 bridgehead atoms. The molecule has 0 aromatic heterocycles. The lowest BCUT2D eigenvalue weighted by Crippen LogP contribution is -2.47. The Bertz CT molecular complexity index is 1550.